The van der Waals surface area contributed by atoms with E-state index >= 15 is 0 Å². The highest BCUT2D eigenvalue weighted by Gasteiger charge is 2.49. The van der Waals surface area contributed by atoms with Crippen molar-refractivity contribution in [1.82, 2.24) is 34.5 Å². The van der Waals surface area contributed by atoms with E-state index in [-0.39, 0.29) is 11.1 Å². The highest BCUT2D eigenvalue weighted by Crippen LogP contribution is 2.43. The number of anilines is 3. The number of piperazine rings is 2. The first-order chi connectivity index (χ1) is 35.1. The van der Waals surface area contributed by atoms with Crippen LogP contribution < -0.4 is 53.2 Å². The average molecular weight is 1070 g/mol. The Morgan fingerprint density at radius 3 is 1.50 bits per heavy atom. The summed E-state index contributed by atoms with van der Waals surface area (Å²) in [5, 5.41) is 13.4. The monoisotopic (exact) mass is 1070 g/mol. The molecule has 2 saturated carbocycles. The van der Waals surface area contributed by atoms with Gasteiger partial charge >= 0.3 is 10.2 Å². The quantitative estimate of drug-likeness (QED) is 0.0860. The number of ether oxygens (including phenoxy) is 5. The molecule has 5 aromatic rings. The van der Waals surface area contributed by atoms with Crippen molar-refractivity contribution >= 4 is 65.4 Å². The highest BCUT2D eigenvalue weighted by molar-refractivity contribution is 7.88. The molecule has 4 fully saturated rings. The maximum Gasteiger partial charge on any atom is 0.493 e. The number of aromatic nitrogens is 5. The van der Waals surface area contributed by atoms with E-state index in [1.165, 1.54) is 31.5 Å². The second kappa shape index (κ2) is 22.8. The van der Waals surface area contributed by atoms with E-state index in [0.29, 0.717) is 29.5 Å². The number of pyridine rings is 1. The SMILES string of the molecule is CN(C)c1cc[n+](S(=O)(=O)N=C([O-])OC(C)(C)C)cc1.COc1cc2ncnc(N3CCN(C4(CN)CC4)CC3)c2cc1OC.COc1cc2ncnc(N3CCN(C4(CNS(C)(=O)=O)CC4)CC3)c2cc1OC. The van der Waals surface area contributed by atoms with Crippen LogP contribution in [0.1, 0.15) is 46.5 Å². The molecule has 2 aliphatic carbocycles. The number of hydrogen-bond acceptors (Lipinski definition) is 20. The normalized spacial score (nSPS) is 17.9. The molecule has 0 bridgehead atoms. The topological polar surface area (TPSA) is 260 Å². The van der Waals surface area contributed by atoms with Crippen molar-refractivity contribution in [3.05, 3.63) is 61.4 Å². The van der Waals surface area contributed by atoms with Gasteiger partial charge in [0.15, 0.2) is 41.5 Å². The zero-order valence-electron chi connectivity index (χ0n) is 44.1. The Balaban J connectivity index is 0.000000165. The summed E-state index contributed by atoms with van der Waals surface area (Å²) in [6, 6.07) is 10.9. The van der Waals surface area contributed by atoms with E-state index in [2.05, 4.69) is 48.7 Å². The van der Waals surface area contributed by atoms with Crippen molar-refractivity contribution in [3.8, 4) is 23.0 Å². The van der Waals surface area contributed by atoms with Crippen molar-refractivity contribution in [2.45, 2.75) is 63.1 Å². The molecule has 4 aliphatic rings. The number of methoxy groups -OCH3 is 4. The third-order valence-electron chi connectivity index (χ3n) is 13.6. The summed E-state index contributed by atoms with van der Waals surface area (Å²) in [7, 11) is 2.87. The molecule has 2 aromatic carbocycles. The van der Waals surface area contributed by atoms with Gasteiger partial charge in [-0.05, 0) is 37.8 Å². The molecule has 0 radical (unpaired) electrons. The second-order valence-corrected chi connectivity index (χ2v) is 23.2. The van der Waals surface area contributed by atoms with Gasteiger partial charge < -0.3 is 49.2 Å². The van der Waals surface area contributed by atoms with Crippen LogP contribution in [-0.2, 0) is 25.0 Å². The molecule has 5 heterocycles. The van der Waals surface area contributed by atoms with Gasteiger partial charge in [0.05, 0.1) is 45.7 Å². The molecule has 0 amide bonds. The molecule has 9 rings (SSSR count). The maximum absolute atomic E-state index is 11.9. The summed E-state index contributed by atoms with van der Waals surface area (Å²) in [6.45, 7) is 13.5. The number of sulfonamides is 1. The summed E-state index contributed by atoms with van der Waals surface area (Å²) in [6.07, 6.45) is 10.4. The summed E-state index contributed by atoms with van der Waals surface area (Å²) in [4.78, 5) is 29.3. The van der Waals surface area contributed by atoms with Gasteiger partial charge in [-0.15, -0.1) is 8.42 Å². The van der Waals surface area contributed by atoms with Crippen LogP contribution in [0.3, 0.4) is 0 Å². The largest absolute Gasteiger partial charge is 0.594 e. The number of benzene rings is 2. The van der Waals surface area contributed by atoms with E-state index < -0.39 is 31.9 Å². The Hall–Kier alpha value is -6.12. The van der Waals surface area contributed by atoms with Crippen LogP contribution in [0.4, 0.5) is 17.3 Å². The molecular weight excluding hydrogens is 995 g/mol. The van der Waals surface area contributed by atoms with E-state index in [0.717, 1.165) is 115 Å². The molecule has 25 heteroatoms. The predicted molar refractivity (Wildman–Crippen MR) is 282 cm³/mol. The molecule has 0 spiro atoms. The fourth-order valence-corrected chi connectivity index (χ4v) is 10.4. The number of fused-ring (bicyclic) bond motifs is 2. The van der Waals surface area contributed by atoms with E-state index in [1.807, 2.05) is 43.3 Å². The number of nitrogens with one attached hydrogen (secondary N) is 1. The minimum atomic E-state index is -4.13. The molecule has 2 aliphatic heterocycles. The lowest BCUT2D eigenvalue weighted by molar-refractivity contribution is -0.511. The Labute approximate surface area is 434 Å². The van der Waals surface area contributed by atoms with Crippen molar-refractivity contribution in [2.24, 2.45) is 10.1 Å². The fraction of sp³-hybridized carbons (Fsp3) is 0.551. The number of hydrogen-bond donors (Lipinski definition) is 2. The van der Waals surface area contributed by atoms with Crippen LogP contribution in [0.15, 0.2) is 65.8 Å². The second-order valence-electron chi connectivity index (χ2n) is 19.9. The maximum atomic E-state index is 11.9. The molecule has 0 atom stereocenters. The van der Waals surface area contributed by atoms with Crippen molar-refractivity contribution < 1.29 is 49.6 Å². The van der Waals surface area contributed by atoms with Crippen LogP contribution in [0.5, 0.6) is 23.0 Å². The van der Waals surface area contributed by atoms with Gasteiger partial charge in [-0.25, -0.2) is 33.1 Å². The molecule has 2 saturated heterocycles. The number of nitrogens with two attached hydrogens (primary N) is 1. The minimum Gasteiger partial charge on any atom is -0.594 e. The van der Waals surface area contributed by atoms with E-state index in [4.69, 9.17) is 29.4 Å². The van der Waals surface area contributed by atoms with Gasteiger partial charge in [-0.3, -0.25) is 9.80 Å². The van der Waals surface area contributed by atoms with Gasteiger partial charge in [0.1, 0.15) is 24.3 Å². The minimum absolute atomic E-state index is 0.0283. The average Bonchev–Trinajstić information content (AvgIpc) is 4.33. The third kappa shape index (κ3) is 13.4. The van der Waals surface area contributed by atoms with E-state index in [9.17, 15) is 21.9 Å². The molecule has 3 aromatic heterocycles. The van der Waals surface area contributed by atoms with Crippen LogP contribution in [0.25, 0.3) is 21.8 Å². The number of rotatable bonds is 15. The lowest BCUT2D eigenvalue weighted by atomic mass is 10.1. The molecule has 404 valence electrons. The van der Waals surface area contributed by atoms with Crippen LogP contribution in [0, 0.1) is 0 Å². The first-order valence-electron chi connectivity index (χ1n) is 24.4. The predicted octanol–water partition coefficient (Wildman–Crippen LogP) is 1.78. The van der Waals surface area contributed by atoms with Crippen molar-refractivity contribution in [3.63, 3.8) is 0 Å². The van der Waals surface area contributed by atoms with Gasteiger partial charge in [-0.1, -0.05) is 29.1 Å². The van der Waals surface area contributed by atoms with Crippen LogP contribution >= 0.6 is 0 Å². The lowest BCUT2D eigenvalue weighted by Gasteiger charge is -2.40. The van der Waals surface area contributed by atoms with Crippen molar-refractivity contribution in [1.29, 1.82) is 0 Å². The van der Waals surface area contributed by atoms with Crippen LogP contribution in [-0.4, -0.2) is 184 Å². The zero-order valence-corrected chi connectivity index (χ0v) is 45.7. The van der Waals surface area contributed by atoms with Gasteiger partial charge in [0, 0.05) is 137 Å². The smallest absolute Gasteiger partial charge is 0.493 e. The van der Waals surface area contributed by atoms with Gasteiger partial charge in [0.25, 0.3) is 0 Å². The van der Waals surface area contributed by atoms with Gasteiger partial charge in [-0.2, -0.15) is 0 Å². The van der Waals surface area contributed by atoms with Crippen LogP contribution in [0.2, 0.25) is 0 Å². The van der Waals surface area contributed by atoms with E-state index in [1.54, 1.807) is 74.0 Å². The third-order valence-corrected chi connectivity index (χ3v) is 15.4. The Morgan fingerprint density at radius 2 is 1.14 bits per heavy atom. The Kier molecular flexibility index (Phi) is 17.1. The summed E-state index contributed by atoms with van der Waals surface area (Å²) in [5.41, 5.74) is 7.93. The molecule has 0 unspecified atom stereocenters. The van der Waals surface area contributed by atoms with Gasteiger partial charge in [0.2, 0.25) is 10.0 Å². The highest BCUT2D eigenvalue weighted by atomic mass is 32.2. The first-order valence-corrected chi connectivity index (χ1v) is 27.6. The molecule has 74 heavy (non-hydrogen) atoms. The zero-order chi connectivity index (χ0) is 53.6. The fourth-order valence-electron chi connectivity index (χ4n) is 9.12. The summed E-state index contributed by atoms with van der Waals surface area (Å²) in [5.74, 6) is 4.52. The van der Waals surface area contributed by atoms with Crippen molar-refractivity contribution in [2.75, 3.05) is 129 Å². The number of nitrogens with zero attached hydrogens (tertiary/aromatic N) is 11. The molecule has 3 N–H and O–H groups in total. The summed E-state index contributed by atoms with van der Waals surface area (Å²) >= 11 is 0. The molecule has 23 nitrogen and oxygen atoms in total. The Bertz CT molecular complexity index is 2990. The molecular formula is C49H71N13O10S2. The lowest BCUT2D eigenvalue weighted by Crippen LogP contribution is -2.55. The Morgan fingerprint density at radius 1 is 0.716 bits per heavy atom. The standard InChI is InChI=1S/C19H27N5O4S.C18H25N5O2.C12H19N3O4S/c1-27-16-10-14-15(11-17(16)28-2)20-13-21-18(14)23-6-8-24(9-7-23)19(4-5-19)12-22-29(3,25)26;1-24-15-9-13-14(10-16(15)25-2)20-12-21-17(13)22-5-7-23(8-6-22)18(11-19)3-4-18;1-12(2,3)19-11(16)13-20(17,18)15-8-6-10(7-9-15)14(4)5/h10-11,13,22H,4-9,12H2,1-3H3;9-10,12H,3-8,11,19H2,1-2H3;6-9H,1-5H3. The first kappa shape index (κ1) is 55.6. The summed E-state index contributed by atoms with van der Waals surface area (Å²) < 4.78 is 79.9.